The summed E-state index contributed by atoms with van der Waals surface area (Å²) in [4.78, 5) is 4.10. The SMILES string of the molecule is CN=C(NCCCOCC1CC1)NCc1cc(Cl)ccc1OC(F)F. The van der Waals surface area contributed by atoms with Crippen molar-refractivity contribution in [3.63, 3.8) is 0 Å². The predicted octanol–water partition coefficient (Wildman–Crippen LogP) is 3.42. The Kier molecular flexibility index (Phi) is 8.21. The summed E-state index contributed by atoms with van der Waals surface area (Å²) in [6, 6.07) is 4.53. The zero-order chi connectivity index (χ0) is 18.1. The molecule has 0 radical (unpaired) electrons. The van der Waals surface area contributed by atoms with Crippen LogP contribution in [0.3, 0.4) is 0 Å². The van der Waals surface area contributed by atoms with E-state index in [2.05, 4.69) is 20.4 Å². The molecule has 1 saturated carbocycles. The lowest BCUT2D eigenvalue weighted by molar-refractivity contribution is -0.0504. The van der Waals surface area contributed by atoms with Gasteiger partial charge >= 0.3 is 6.61 Å². The van der Waals surface area contributed by atoms with E-state index >= 15 is 0 Å². The van der Waals surface area contributed by atoms with Gasteiger partial charge in [0.25, 0.3) is 0 Å². The molecule has 1 aliphatic carbocycles. The minimum atomic E-state index is -2.88. The number of halogens is 3. The third-order valence-corrected chi connectivity index (χ3v) is 3.95. The second-order valence-electron chi connectivity index (χ2n) is 5.85. The van der Waals surface area contributed by atoms with E-state index in [1.54, 1.807) is 13.1 Å². The Morgan fingerprint density at radius 3 is 2.84 bits per heavy atom. The van der Waals surface area contributed by atoms with Crippen molar-refractivity contribution in [2.75, 3.05) is 26.8 Å². The van der Waals surface area contributed by atoms with Crippen LogP contribution in [-0.2, 0) is 11.3 Å². The number of hydrogen-bond donors (Lipinski definition) is 2. The van der Waals surface area contributed by atoms with E-state index in [0.717, 1.165) is 18.9 Å². The van der Waals surface area contributed by atoms with Crippen molar-refractivity contribution in [2.45, 2.75) is 32.4 Å². The van der Waals surface area contributed by atoms with Gasteiger partial charge in [-0.15, -0.1) is 0 Å². The molecule has 0 atom stereocenters. The number of alkyl halides is 2. The van der Waals surface area contributed by atoms with Crippen LogP contribution in [-0.4, -0.2) is 39.4 Å². The first-order chi connectivity index (χ1) is 12.1. The van der Waals surface area contributed by atoms with Crippen molar-refractivity contribution in [1.29, 1.82) is 0 Å². The summed E-state index contributed by atoms with van der Waals surface area (Å²) in [5.74, 6) is 1.44. The van der Waals surface area contributed by atoms with E-state index in [9.17, 15) is 8.78 Å². The molecule has 2 rings (SSSR count). The Morgan fingerprint density at radius 1 is 1.36 bits per heavy atom. The Hall–Kier alpha value is -1.60. The number of hydrogen-bond acceptors (Lipinski definition) is 3. The average Bonchev–Trinajstić information content (AvgIpc) is 3.39. The molecule has 0 aromatic heterocycles. The quantitative estimate of drug-likeness (QED) is 0.374. The van der Waals surface area contributed by atoms with Crippen LogP contribution in [0.15, 0.2) is 23.2 Å². The molecule has 25 heavy (non-hydrogen) atoms. The van der Waals surface area contributed by atoms with Gasteiger partial charge in [0.1, 0.15) is 5.75 Å². The fourth-order valence-electron chi connectivity index (χ4n) is 2.21. The number of benzene rings is 1. The van der Waals surface area contributed by atoms with Gasteiger partial charge in [-0.1, -0.05) is 11.6 Å². The Bertz CT molecular complexity index is 569. The third kappa shape index (κ3) is 7.88. The van der Waals surface area contributed by atoms with Crippen LogP contribution < -0.4 is 15.4 Å². The lowest BCUT2D eigenvalue weighted by Crippen LogP contribution is -2.37. The predicted molar refractivity (Wildman–Crippen MR) is 94.4 cm³/mol. The monoisotopic (exact) mass is 375 g/mol. The Balaban J connectivity index is 1.72. The maximum absolute atomic E-state index is 12.5. The first kappa shape index (κ1) is 19.7. The average molecular weight is 376 g/mol. The fourth-order valence-corrected chi connectivity index (χ4v) is 2.41. The van der Waals surface area contributed by atoms with Gasteiger partial charge in [-0.3, -0.25) is 4.99 Å². The van der Waals surface area contributed by atoms with Gasteiger partial charge in [0.15, 0.2) is 5.96 Å². The molecule has 0 heterocycles. The number of aliphatic imine (C=N–C) groups is 1. The van der Waals surface area contributed by atoms with E-state index in [0.29, 0.717) is 29.7 Å². The van der Waals surface area contributed by atoms with E-state index in [1.807, 2.05) is 0 Å². The number of nitrogens with zero attached hydrogens (tertiary/aromatic N) is 1. The molecule has 0 saturated heterocycles. The number of guanidine groups is 1. The maximum atomic E-state index is 12.5. The van der Waals surface area contributed by atoms with Crippen LogP contribution in [0.25, 0.3) is 0 Å². The van der Waals surface area contributed by atoms with E-state index < -0.39 is 6.61 Å². The summed E-state index contributed by atoms with van der Waals surface area (Å²) in [5, 5.41) is 6.67. The normalized spacial score (nSPS) is 14.7. The van der Waals surface area contributed by atoms with Crippen molar-refractivity contribution < 1.29 is 18.3 Å². The van der Waals surface area contributed by atoms with Crippen LogP contribution in [0.4, 0.5) is 8.78 Å². The van der Waals surface area contributed by atoms with Crippen LogP contribution in [0.5, 0.6) is 5.75 Å². The molecule has 0 bridgehead atoms. The topological polar surface area (TPSA) is 54.9 Å². The maximum Gasteiger partial charge on any atom is 0.387 e. The largest absolute Gasteiger partial charge is 0.434 e. The zero-order valence-electron chi connectivity index (χ0n) is 14.2. The number of nitrogens with one attached hydrogen (secondary N) is 2. The Morgan fingerprint density at radius 2 is 2.16 bits per heavy atom. The number of ether oxygens (including phenoxy) is 2. The minimum Gasteiger partial charge on any atom is -0.434 e. The second kappa shape index (κ2) is 10.4. The van der Waals surface area contributed by atoms with Gasteiger partial charge in [0, 0.05) is 43.9 Å². The van der Waals surface area contributed by atoms with Crippen LogP contribution in [0, 0.1) is 5.92 Å². The van der Waals surface area contributed by atoms with Gasteiger partial charge in [0.05, 0.1) is 0 Å². The van der Waals surface area contributed by atoms with Crippen LogP contribution in [0.1, 0.15) is 24.8 Å². The molecule has 140 valence electrons. The smallest absolute Gasteiger partial charge is 0.387 e. The van der Waals surface area contributed by atoms with Crippen molar-refractivity contribution in [3.05, 3.63) is 28.8 Å². The molecule has 8 heteroatoms. The molecule has 1 fully saturated rings. The van der Waals surface area contributed by atoms with Crippen molar-refractivity contribution in [1.82, 2.24) is 10.6 Å². The summed E-state index contributed by atoms with van der Waals surface area (Å²) in [6.45, 7) is -0.343. The lowest BCUT2D eigenvalue weighted by Gasteiger charge is -2.15. The standard InChI is InChI=1S/C17H24ClF2N3O2/c1-21-17(22-7-2-8-24-11-12-3-4-12)23-10-13-9-14(18)5-6-15(13)25-16(19)20/h5-6,9,12,16H,2-4,7-8,10-11H2,1H3,(H2,21,22,23). The van der Waals surface area contributed by atoms with Gasteiger partial charge in [-0.05, 0) is 43.4 Å². The van der Waals surface area contributed by atoms with Crippen molar-refractivity contribution in [2.24, 2.45) is 10.9 Å². The summed E-state index contributed by atoms with van der Waals surface area (Å²) in [6.07, 6.45) is 3.44. The second-order valence-corrected chi connectivity index (χ2v) is 6.29. The molecule has 0 unspecified atom stereocenters. The highest BCUT2D eigenvalue weighted by Gasteiger charge is 2.20. The van der Waals surface area contributed by atoms with E-state index in [-0.39, 0.29) is 12.3 Å². The summed E-state index contributed by atoms with van der Waals surface area (Å²) < 4.78 is 35.0. The summed E-state index contributed by atoms with van der Waals surface area (Å²) in [7, 11) is 1.65. The zero-order valence-corrected chi connectivity index (χ0v) is 15.0. The first-order valence-electron chi connectivity index (χ1n) is 8.34. The molecule has 2 N–H and O–H groups in total. The van der Waals surface area contributed by atoms with E-state index in [4.69, 9.17) is 16.3 Å². The highest BCUT2D eigenvalue weighted by atomic mass is 35.5. The van der Waals surface area contributed by atoms with E-state index in [1.165, 1.54) is 25.0 Å². The minimum absolute atomic E-state index is 0.0934. The van der Waals surface area contributed by atoms with Gasteiger partial charge in [-0.2, -0.15) is 8.78 Å². The van der Waals surface area contributed by atoms with Gasteiger partial charge in [0.2, 0.25) is 0 Å². The highest BCUT2D eigenvalue weighted by molar-refractivity contribution is 6.30. The van der Waals surface area contributed by atoms with Crippen molar-refractivity contribution >= 4 is 17.6 Å². The molecular formula is C17H24ClF2N3O2. The molecule has 1 aromatic carbocycles. The molecule has 0 aliphatic heterocycles. The molecule has 5 nitrogen and oxygen atoms in total. The van der Waals surface area contributed by atoms with Crippen LogP contribution in [0.2, 0.25) is 5.02 Å². The van der Waals surface area contributed by atoms with Crippen LogP contribution >= 0.6 is 11.6 Å². The molecule has 1 aliphatic rings. The first-order valence-corrected chi connectivity index (χ1v) is 8.71. The molecule has 0 spiro atoms. The third-order valence-electron chi connectivity index (χ3n) is 3.72. The van der Waals surface area contributed by atoms with Crippen molar-refractivity contribution in [3.8, 4) is 5.75 Å². The van der Waals surface area contributed by atoms with Gasteiger partial charge in [-0.25, -0.2) is 0 Å². The fraction of sp³-hybridized carbons (Fsp3) is 0.588. The highest BCUT2D eigenvalue weighted by Crippen LogP contribution is 2.28. The lowest BCUT2D eigenvalue weighted by atomic mass is 10.2. The molecule has 0 amide bonds. The number of rotatable bonds is 10. The van der Waals surface area contributed by atoms with Gasteiger partial charge < -0.3 is 20.1 Å². The summed E-state index contributed by atoms with van der Waals surface area (Å²) in [5.41, 5.74) is 0.531. The Labute approximate surface area is 151 Å². The molecule has 1 aromatic rings. The molecular weight excluding hydrogens is 352 g/mol. The summed E-state index contributed by atoms with van der Waals surface area (Å²) >= 11 is 5.93.